The van der Waals surface area contributed by atoms with Crippen molar-refractivity contribution in [2.24, 2.45) is 0 Å². The summed E-state index contributed by atoms with van der Waals surface area (Å²) in [5.41, 5.74) is 7.94. The van der Waals surface area contributed by atoms with Crippen molar-refractivity contribution < 1.29 is 14.3 Å². The predicted octanol–water partition coefficient (Wildman–Crippen LogP) is 2.46. The van der Waals surface area contributed by atoms with Crippen LogP contribution in [0.1, 0.15) is 22.8 Å². The lowest BCUT2D eigenvalue weighted by atomic mass is 10.1. The first kappa shape index (κ1) is 14.8. The summed E-state index contributed by atoms with van der Waals surface area (Å²) in [5.74, 6) is -0.148. The summed E-state index contributed by atoms with van der Waals surface area (Å²) in [4.78, 5) is 15.9. The highest BCUT2D eigenvalue weighted by Crippen LogP contribution is 2.17. The first-order valence-electron chi connectivity index (χ1n) is 6.80. The molecule has 21 heavy (non-hydrogen) atoms. The van der Waals surface area contributed by atoms with Crippen molar-refractivity contribution in [1.82, 2.24) is 4.98 Å². The maximum absolute atomic E-state index is 11.8. The normalized spacial score (nSPS) is 10.1. The smallest absolute Gasteiger partial charge is 0.343 e. The third-order valence-electron chi connectivity index (χ3n) is 2.93. The molecule has 1 aromatic carbocycles. The minimum atomic E-state index is -0.431. The number of para-hydroxylation sites is 1. The van der Waals surface area contributed by atoms with Crippen molar-refractivity contribution in [2.45, 2.75) is 13.3 Å². The van der Waals surface area contributed by atoms with Gasteiger partial charge in [0, 0.05) is 18.3 Å². The van der Waals surface area contributed by atoms with Crippen LogP contribution in [0.15, 0.2) is 42.6 Å². The Labute approximate surface area is 123 Å². The zero-order chi connectivity index (χ0) is 15.1. The highest BCUT2D eigenvalue weighted by Gasteiger charge is 2.14. The lowest BCUT2D eigenvalue weighted by Gasteiger charge is -2.10. The van der Waals surface area contributed by atoms with Gasteiger partial charge in [-0.1, -0.05) is 18.2 Å². The van der Waals surface area contributed by atoms with E-state index in [2.05, 4.69) is 4.98 Å². The third-order valence-corrected chi connectivity index (χ3v) is 2.93. The topological polar surface area (TPSA) is 74.4 Å². The van der Waals surface area contributed by atoms with Gasteiger partial charge in [0.2, 0.25) is 5.88 Å². The van der Waals surface area contributed by atoms with E-state index in [1.165, 1.54) is 0 Å². The zero-order valence-electron chi connectivity index (χ0n) is 11.9. The van der Waals surface area contributed by atoms with E-state index in [-0.39, 0.29) is 5.88 Å². The molecule has 0 aliphatic rings. The molecule has 0 radical (unpaired) electrons. The van der Waals surface area contributed by atoms with Crippen LogP contribution in [-0.2, 0) is 11.2 Å². The highest BCUT2D eigenvalue weighted by atomic mass is 16.5. The van der Waals surface area contributed by atoms with Crippen molar-refractivity contribution in [3.05, 3.63) is 53.7 Å². The largest absolute Gasteiger partial charge is 0.477 e. The average Bonchev–Trinajstić information content (AvgIpc) is 2.50. The van der Waals surface area contributed by atoms with Gasteiger partial charge in [-0.3, -0.25) is 0 Å². The first-order chi connectivity index (χ1) is 10.2. The number of carbonyl (C=O) groups excluding carboxylic acids is 1. The fourth-order valence-electron chi connectivity index (χ4n) is 1.89. The van der Waals surface area contributed by atoms with Crippen LogP contribution in [-0.4, -0.2) is 24.2 Å². The lowest BCUT2D eigenvalue weighted by molar-refractivity contribution is 0.0520. The molecule has 5 nitrogen and oxygen atoms in total. The summed E-state index contributed by atoms with van der Waals surface area (Å²) >= 11 is 0. The second kappa shape index (κ2) is 7.28. The summed E-state index contributed by atoms with van der Waals surface area (Å²) in [5, 5.41) is 0. The molecule has 2 rings (SSSR count). The Morgan fingerprint density at radius 3 is 2.81 bits per heavy atom. The van der Waals surface area contributed by atoms with Gasteiger partial charge in [-0.15, -0.1) is 0 Å². The van der Waals surface area contributed by atoms with Crippen molar-refractivity contribution in [3.8, 4) is 5.88 Å². The van der Waals surface area contributed by atoms with Crippen molar-refractivity contribution in [1.29, 1.82) is 0 Å². The minimum Gasteiger partial charge on any atom is -0.477 e. The fraction of sp³-hybridized carbons (Fsp3) is 0.250. The number of aromatic nitrogens is 1. The number of anilines is 1. The van der Waals surface area contributed by atoms with Crippen molar-refractivity contribution in [2.75, 3.05) is 18.9 Å². The van der Waals surface area contributed by atoms with Crippen molar-refractivity contribution >= 4 is 11.7 Å². The van der Waals surface area contributed by atoms with Crippen LogP contribution in [0, 0.1) is 0 Å². The SMILES string of the molecule is CCOC(=O)c1cccnc1OCCc1ccccc1N. The summed E-state index contributed by atoms with van der Waals surface area (Å²) < 4.78 is 10.6. The van der Waals surface area contributed by atoms with Crippen LogP contribution >= 0.6 is 0 Å². The predicted molar refractivity (Wildman–Crippen MR) is 80.2 cm³/mol. The van der Waals surface area contributed by atoms with E-state index >= 15 is 0 Å². The first-order valence-corrected chi connectivity index (χ1v) is 6.80. The number of carbonyl (C=O) groups is 1. The van der Waals surface area contributed by atoms with Crippen LogP contribution in [0.25, 0.3) is 0 Å². The molecule has 2 N–H and O–H groups in total. The van der Waals surface area contributed by atoms with E-state index in [1.54, 1.807) is 25.3 Å². The number of benzene rings is 1. The monoisotopic (exact) mass is 286 g/mol. The number of pyridine rings is 1. The summed E-state index contributed by atoms with van der Waals surface area (Å²) in [6.07, 6.45) is 2.22. The fourth-order valence-corrected chi connectivity index (χ4v) is 1.89. The van der Waals surface area contributed by atoms with E-state index in [9.17, 15) is 4.79 Å². The molecule has 5 heteroatoms. The molecule has 2 aromatic rings. The molecule has 0 bridgehead atoms. The van der Waals surface area contributed by atoms with Gasteiger partial charge in [0.25, 0.3) is 0 Å². The average molecular weight is 286 g/mol. The van der Waals surface area contributed by atoms with Crippen LogP contribution in [0.5, 0.6) is 5.88 Å². The second-order valence-corrected chi connectivity index (χ2v) is 4.37. The number of ether oxygens (including phenoxy) is 2. The molecule has 1 aromatic heterocycles. The molecule has 0 atom stereocenters. The third kappa shape index (κ3) is 3.95. The summed E-state index contributed by atoms with van der Waals surface area (Å²) in [6, 6.07) is 10.9. The Morgan fingerprint density at radius 1 is 1.24 bits per heavy atom. The number of hydrogen-bond donors (Lipinski definition) is 1. The molecule has 0 saturated carbocycles. The van der Waals surface area contributed by atoms with E-state index in [1.807, 2.05) is 24.3 Å². The standard InChI is InChI=1S/C16H18N2O3/c1-2-20-16(19)13-7-5-10-18-15(13)21-11-9-12-6-3-4-8-14(12)17/h3-8,10H,2,9,11,17H2,1H3. The summed E-state index contributed by atoms with van der Waals surface area (Å²) in [7, 11) is 0. The summed E-state index contributed by atoms with van der Waals surface area (Å²) in [6.45, 7) is 2.46. The Hall–Kier alpha value is -2.56. The molecule has 0 amide bonds. The molecule has 1 heterocycles. The number of esters is 1. The van der Waals surface area contributed by atoms with Gasteiger partial charge in [0.15, 0.2) is 0 Å². The zero-order valence-corrected chi connectivity index (χ0v) is 11.9. The molecule has 0 spiro atoms. The quantitative estimate of drug-likeness (QED) is 0.652. The van der Waals surface area contributed by atoms with Gasteiger partial charge in [0.1, 0.15) is 5.56 Å². The molecule has 0 unspecified atom stereocenters. The second-order valence-electron chi connectivity index (χ2n) is 4.37. The number of nitrogens with two attached hydrogens (primary N) is 1. The van der Waals surface area contributed by atoms with Crippen molar-refractivity contribution in [3.63, 3.8) is 0 Å². The van der Waals surface area contributed by atoms with E-state index in [0.29, 0.717) is 25.2 Å². The van der Waals surface area contributed by atoms with Gasteiger partial charge < -0.3 is 15.2 Å². The molecular formula is C16H18N2O3. The number of rotatable bonds is 6. The molecule has 110 valence electrons. The van der Waals surface area contributed by atoms with Gasteiger partial charge in [-0.05, 0) is 30.7 Å². The van der Waals surface area contributed by atoms with E-state index in [0.717, 1.165) is 11.3 Å². The van der Waals surface area contributed by atoms with E-state index < -0.39 is 5.97 Å². The van der Waals surface area contributed by atoms with Gasteiger partial charge in [-0.25, -0.2) is 9.78 Å². The van der Waals surface area contributed by atoms with Gasteiger partial charge in [-0.2, -0.15) is 0 Å². The Morgan fingerprint density at radius 2 is 2.05 bits per heavy atom. The number of nitrogen functional groups attached to an aromatic ring is 1. The molecule has 0 saturated heterocycles. The Balaban J connectivity index is 2.00. The van der Waals surface area contributed by atoms with Gasteiger partial charge >= 0.3 is 5.97 Å². The maximum atomic E-state index is 11.8. The number of hydrogen-bond acceptors (Lipinski definition) is 5. The number of nitrogens with zero attached hydrogens (tertiary/aromatic N) is 1. The Kier molecular flexibility index (Phi) is 5.15. The van der Waals surface area contributed by atoms with Gasteiger partial charge in [0.05, 0.1) is 13.2 Å². The maximum Gasteiger partial charge on any atom is 0.343 e. The highest BCUT2D eigenvalue weighted by molar-refractivity contribution is 5.91. The van der Waals surface area contributed by atoms with Crippen LogP contribution in [0.4, 0.5) is 5.69 Å². The Bertz CT molecular complexity index is 614. The van der Waals surface area contributed by atoms with Crippen LogP contribution in [0.3, 0.4) is 0 Å². The molecule has 0 aliphatic carbocycles. The van der Waals surface area contributed by atoms with E-state index in [4.69, 9.17) is 15.2 Å². The molecular weight excluding hydrogens is 268 g/mol. The minimum absolute atomic E-state index is 0.283. The van der Waals surface area contributed by atoms with Crippen LogP contribution < -0.4 is 10.5 Å². The van der Waals surface area contributed by atoms with Crippen LogP contribution in [0.2, 0.25) is 0 Å². The lowest BCUT2D eigenvalue weighted by Crippen LogP contribution is -2.11. The molecule has 0 fully saturated rings. The molecule has 0 aliphatic heterocycles.